The van der Waals surface area contributed by atoms with Gasteiger partial charge in [-0.05, 0) is 18.9 Å². The summed E-state index contributed by atoms with van der Waals surface area (Å²) in [6.07, 6.45) is 2.95. The quantitative estimate of drug-likeness (QED) is 0.875. The molecule has 0 spiro atoms. The maximum Gasteiger partial charge on any atom is 0.222 e. The van der Waals surface area contributed by atoms with Crippen LogP contribution in [0.25, 0.3) is 0 Å². The lowest BCUT2D eigenvalue weighted by atomic mass is 9.97. The highest BCUT2D eigenvalue weighted by Crippen LogP contribution is 2.25. The van der Waals surface area contributed by atoms with Gasteiger partial charge in [-0.15, -0.1) is 0 Å². The Balaban J connectivity index is 2.19. The summed E-state index contributed by atoms with van der Waals surface area (Å²) in [5, 5.41) is 0.259. The van der Waals surface area contributed by atoms with Crippen molar-refractivity contribution in [3.63, 3.8) is 0 Å². The van der Waals surface area contributed by atoms with Gasteiger partial charge < -0.3 is 10.6 Å². The molecule has 17 heavy (non-hydrogen) atoms. The zero-order valence-electron chi connectivity index (χ0n) is 9.20. The number of nitrogens with zero attached hydrogens (tertiary/aromatic N) is 2. The van der Waals surface area contributed by atoms with Gasteiger partial charge in [0.05, 0.1) is 10.9 Å². The van der Waals surface area contributed by atoms with Gasteiger partial charge in [0.1, 0.15) is 0 Å². The molecule has 1 aliphatic rings. The second kappa shape index (κ2) is 4.87. The Kier molecular flexibility index (Phi) is 3.47. The lowest BCUT2D eigenvalue weighted by molar-refractivity contribution is -0.122. The van der Waals surface area contributed by atoms with Gasteiger partial charge in [0.15, 0.2) is 11.6 Å². The average molecular weight is 258 g/mol. The van der Waals surface area contributed by atoms with Crippen molar-refractivity contribution in [1.82, 2.24) is 4.98 Å². The van der Waals surface area contributed by atoms with E-state index in [1.807, 2.05) is 0 Å². The fourth-order valence-electron chi connectivity index (χ4n) is 2.04. The Morgan fingerprint density at radius 1 is 1.65 bits per heavy atom. The predicted octanol–water partition coefficient (Wildman–Crippen LogP) is 1.58. The van der Waals surface area contributed by atoms with Gasteiger partial charge in [-0.1, -0.05) is 11.6 Å². The first-order chi connectivity index (χ1) is 8.08. The zero-order chi connectivity index (χ0) is 12.4. The molecule has 1 fully saturated rings. The molecule has 4 nitrogen and oxygen atoms in total. The molecule has 1 unspecified atom stereocenters. The van der Waals surface area contributed by atoms with Crippen LogP contribution in [0.1, 0.15) is 12.8 Å². The number of carbonyl (C=O) groups excluding carboxylic acids is 1. The Morgan fingerprint density at radius 3 is 3.06 bits per heavy atom. The molecule has 0 radical (unpaired) electrons. The van der Waals surface area contributed by atoms with E-state index in [9.17, 15) is 9.18 Å². The first-order valence-electron chi connectivity index (χ1n) is 5.43. The Bertz CT molecular complexity index is 441. The zero-order valence-corrected chi connectivity index (χ0v) is 9.95. The molecule has 2 rings (SSSR count). The first kappa shape index (κ1) is 12.1. The van der Waals surface area contributed by atoms with E-state index in [1.165, 1.54) is 12.3 Å². The minimum Gasteiger partial charge on any atom is -0.369 e. The Hall–Kier alpha value is -1.36. The molecule has 92 valence electrons. The lowest BCUT2D eigenvalue weighted by Crippen LogP contribution is -2.41. The number of hydrogen-bond donors (Lipinski definition) is 1. The number of amides is 1. The second-order valence-electron chi connectivity index (χ2n) is 4.15. The second-order valence-corrected chi connectivity index (χ2v) is 4.58. The van der Waals surface area contributed by atoms with E-state index >= 15 is 0 Å². The van der Waals surface area contributed by atoms with Gasteiger partial charge in [0.2, 0.25) is 5.91 Å². The fourth-order valence-corrected chi connectivity index (χ4v) is 2.19. The monoisotopic (exact) mass is 257 g/mol. The van der Waals surface area contributed by atoms with Crippen LogP contribution in [0.15, 0.2) is 12.3 Å². The van der Waals surface area contributed by atoms with E-state index in [1.54, 1.807) is 4.90 Å². The third kappa shape index (κ3) is 2.66. The highest BCUT2D eigenvalue weighted by Gasteiger charge is 2.26. The van der Waals surface area contributed by atoms with Crippen LogP contribution in [0, 0.1) is 11.7 Å². The summed E-state index contributed by atoms with van der Waals surface area (Å²) in [6, 6.07) is 1.22. The third-order valence-corrected chi connectivity index (χ3v) is 3.12. The van der Waals surface area contributed by atoms with Crippen LogP contribution in [-0.4, -0.2) is 24.0 Å². The molecule has 1 amide bonds. The van der Waals surface area contributed by atoms with E-state index < -0.39 is 5.82 Å². The first-order valence-corrected chi connectivity index (χ1v) is 5.81. The number of primary amides is 1. The predicted molar refractivity (Wildman–Crippen MR) is 63.3 cm³/mol. The Morgan fingerprint density at radius 2 is 2.41 bits per heavy atom. The van der Waals surface area contributed by atoms with E-state index in [0.29, 0.717) is 13.1 Å². The number of piperidine rings is 1. The summed E-state index contributed by atoms with van der Waals surface area (Å²) < 4.78 is 13.7. The van der Waals surface area contributed by atoms with Crippen molar-refractivity contribution in [2.24, 2.45) is 11.7 Å². The van der Waals surface area contributed by atoms with Crippen molar-refractivity contribution >= 4 is 23.3 Å². The van der Waals surface area contributed by atoms with Crippen LogP contribution in [-0.2, 0) is 4.79 Å². The molecular weight excluding hydrogens is 245 g/mol. The number of pyridine rings is 1. The molecular formula is C11H13ClFN3O. The number of carbonyl (C=O) groups is 1. The van der Waals surface area contributed by atoms with E-state index in [0.717, 1.165) is 12.8 Å². The van der Waals surface area contributed by atoms with E-state index in [4.69, 9.17) is 17.3 Å². The molecule has 1 aromatic rings. The maximum absolute atomic E-state index is 13.7. The van der Waals surface area contributed by atoms with Gasteiger partial charge in [-0.25, -0.2) is 9.37 Å². The van der Waals surface area contributed by atoms with E-state index in [2.05, 4.69) is 4.98 Å². The largest absolute Gasteiger partial charge is 0.369 e. The molecule has 1 aliphatic heterocycles. The van der Waals surface area contributed by atoms with Crippen molar-refractivity contribution in [1.29, 1.82) is 0 Å². The minimum absolute atomic E-state index is 0.236. The van der Waals surface area contributed by atoms with Crippen molar-refractivity contribution in [2.75, 3.05) is 18.0 Å². The van der Waals surface area contributed by atoms with Crippen LogP contribution in [0.3, 0.4) is 0 Å². The molecule has 2 heterocycles. The van der Waals surface area contributed by atoms with Gasteiger partial charge in [0, 0.05) is 19.3 Å². The number of rotatable bonds is 2. The molecule has 0 bridgehead atoms. The van der Waals surface area contributed by atoms with Gasteiger partial charge >= 0.3 is 0 Å². The van der Waals surface area contributed by atoms with Crippen molar-refractivity contribution in [3.05, 3.63) is 23.1 Å². The highest BCUT2D eigenvalue weighted by molar-refractivity contribution is 6.30. The summed E-state index contributed by atoms with van der Waals surface area (Å²) in [5.74, 6) is -0.812. The number of anilines is 1. The molecule has 0 aliphatic carbocycles. The van der Waals surface area contributed by atoms with Crippen molar-refractivity contribution in [2.45, 2.75) is 12.8 Å². The number of aromatic nitrogens is 1. The molecule has 6 heteroatoms. The number of halogens is 2. The van der Waals surface area contributed by atoms with Crippen LogP contribution >= 0.6 is 11.6 Å². The van der Waals surface area contributed by atoms with Crippen LogP contribution < -0.4 is 10.6 Å². The fraction of sp³-hybridized carbons (Fsp3) is 0.455. The van der Waals surface area contributed by atoms with Crippen LogP contribution in [0.4, 0.5) is 10.2 Å². The molecule has 1 saturated heterocycles. The summed E-state index contributed by atoms with van der Waals surface area (Å²) in [6.45, 7) is 1.09. The molecule has 0 aromatic carbocycles. The minimum atomic E-state index is -0.470. The molecule has 1 atom stereocenters. The molecule has 2 N–H and O–H groups in total. The van der Waals surface area contributed by atoms with Crippen LogP contribution in [0.2, 0.25) is 5.02 Å². The average Bonchev–Trinajstić information content (AvgIpc) is 2.29. The topological polar surface area (TPSA) is 59.2 Å². The van der Waals surface area contributed by atoms with Gasteiger partial charge in [-0.3, -0.25) is 4.79 Å². The smallest absolute Gasteiger partial charge is 0.222 e. The summed E-state index contributed by atoms with van der Waals surface area (Å²) in [5.41, 5.74) is 5.27. The summed E-state index contributed by atoms with van der Waals surface area (Å²) in [7, 11) is 0. The lowest BCUT2D eigenvalue weighted by Gasteiger charge is -2.32. The van der Waals surface area contributed by atoms with Crippen molar-refractivity contribution in [3.8, 4) is 0 Å². The SMILES string of the molecule is NC(=O)C1CCCN(c2ncc(Cl)cc2F)C1. The maximum atomic E-state index is 13.7. The molecule has 0 saturated carbocycles. The van der Waals surface area contributed by atoms with Gasteiger partial charge in [-0.2, -0.15) is 0 Å². The molecule has 1 aromatic heterocycles. The summed E-state index contributed by atoms with van der Waals surface area (Å²) >= 11 is 5.64. The number of hydrogen-bond acceptors (Lipinski definition) is 3. The van der Waals surface area contributed by atoms with Crippen molar-refractivity contribution < 1.29 is 9.18 Å². The third-order valence-electron chi connectivity index (χ3n) is 2.91. The highest BCUT2D eigenvalue weighted by atomic mass is 35.5. The van der Waals surface area contributed by atoms with Gasteiger partial charge in [0.25, 0.3) is 0 Å². The summed E-state index contributed by atoms with van der Waals surface area (Å²) in [4.78, 5) is 16.8. The number of nitrogens with two attached hydrogens (primary N) is 1. The van der Waals surface area contributed by atoms with Crippen LogP contribution in [0.5, 0.6) is 0 Å². The Labute approximate surface area is 104 Å². The standard InChI is InChI=1S/C11H13ClFN3O/c12-8-4-9(13)11(15-5-8)16-3-1-2-7(6-16)10(14)17/h4-5,7H,1-3,6H2,(H2,14,17). The normalized spacial score (nSPS) is 20.4. The van der Waals surface area contributed by atoms with E-state index in [-0.39, 0.29) is 22.7 Å².